The lowest BCUT2D eigenvalue weighted by Gasteiger charge is -2.23. The van der Waals surface area contributed by atoms with Gasteiger partial charge in [-0.05, 0) is 44.7 Å². The number of hydrogen-bond acceptors (Lipinski definition) is 6. The Morgan fingerprint density at radius 3 is 2.87 bits per heavy atom. The van der Waals surface area contributed by atoms with E-state index in [0.29, 0.717) is 11.7 Å². The largest absolute Gasteiger partial charge is 0.481 e. The summed E-state index contributed by atoms with van der Waals surface area (Å²) in [7, 11) is 3.28. The number of anilines is 1. The maximum Gasteiger partial charge on any atom is 0.410 e. The van der Waals surface area contributed by atoms with Crippen molar-refractivity contribution in [1.29, 1.82) is 0 Å². The number of H-pyrrole nitrogens is 1. The molecule has 2 amide bonds. The highest BCUT2D eigenvalue weighted by molar-refractivity contribution is 5.91. The maximum atomic E-state index is 12.3. The highest BCUT2D eigenvalue weighted by Crippen LogP contribution is 2.36. The van der Waals surface area contributed by atoms with Crippen LogP contribution < -0.4 is 10.1 Å². The highest BCUT2D eigenvalue weighted by Gasteiger charge is 2.31. The minimum Gasteiger partial charge on any atom is -0.481 e. The number of carbonyl (C=O) groups is 2. The third-order valence-electron chi connectivity index (χ3n) is 5.39. The average molecular weight is 415 g/mol. The van der Waals surface area contributed by atoms with Crippen molar-refractivity contribution >= 4 is 17.8 Å². The number of aromatic nitrogens is 3. The molecule has 3 rings (SSSR count). The Bertz CT molecular complexity index is 882. The third-order valence-corrected chi connectivity index (χ3v) is 5.39. The van der Waals surface area contributed by atoms with Crippen molar-refractivity contribution in [2.45, 2.75) is 57.6 Å². The normalized spacial score (nSPS) is 18.3. The summed E-state index contributed by atoms with van der Waals surface area (Å²) in [5.41, 5.74) is 1.74. The van der Waals surface area contributed by atoms with Crippen molar-refractivity contribution in [3.05, 3.63) is 35.7 Å². The Balaban J connectivity index is 1.51. The SMILES string of the molecule is COc1cc(CC(=O)Nc2cc([C@H]3CC[C@@H](OC(=O)N(C)C(C)C)C3)[nH]n2)ccn1. The van der Waals surface area contributed by atoms with Crippen molar-refractivity contribution in [3.63, 3.8) is 0 Å². The van der Waals surface area contributed by atoms with Gasteiger partial charge in [0.25, 0.3) is 0 Å². The van der Waals surface area contributed by atoms with Crippen molar-refractivity contribution < 1.29 is 19.1 Å². The van der Waals surface area contributed by atoms with Crippen LogP contribution in [-0.4, -0.2) is 58.4 Å². The summed E-state index contributed by atoms with van der Waals surface area (Å²) in [5.74, 6) is 1.00. The number of pyridine rings is 1. The van der Waals surface area contributed by atoms with Gasteiger partial charge >= 0.3 is 6.09 Å². The van der Waals surface area contributed by atoms with Gasteiger partial charge < -0.3 is 19.7 Å². The van der Waals surface area contributed by atoms with Crippen LogP contribution in [0.15, 0.2) is 24.4 Å². The van der Waals surface area contributed by atoms with Crippen molar-refractivity contribution in [2.75, 3.05) is 19.5 Å². The first-order chi connectivity index (χ1) is 14.4. The Morgan fingerprint density at radius 2 is 2.13 bits per heavy atom. The molecule has 2 N–H and O–H groups in total. The molecule has 2 aromatic heterocycles. The molecule has 2 atom stereocenters. The first-order valence-electron chi connectivity index (χ1n) is 10.1. The zero-order chi connectivity index (χ0) is 21.7. The number of aromatic amines is 1. The second-order valence-corrected chi connectivity index (χ2v) is 7.86. The van der Waals surface area contributed by atoms with E-state index in [-0.39, 0.29) is 36.5 Å². The zero-order valence-electron chi connectivity index (χ0n) is 17.8. The van der Waals surface area contributed by atoms with E-state index in [1.165, 1.54) is 7.11 Å². The van der Waals surface area contributed by atoms with Gasteiger partial charge in [0, 0.05) is 43.0 Å². The summed E-state index contributed by atoms with van der Waals surface area (Å²) in [6.07, 6.45) is 3.86. The number of ether oxygens (including phenoxy) is 2. The van der Waals surface area contributed by atoms with E-state index in [9.17, 15) is 9.59 Å². The Labute approximate surface area is 176 Å². The molecule has 2 aromatic rings. The molecule has 0 aromatic carbocycles. The van der Waals surface area contributed by atoms with Crippen LogP contribution in [0, 0.1) is 0 Å². The summed E-state index contributed by atoms with van der Waals surface area (Å²) in [6.45, 7) is 3.90. The summed E-state index contributed by atoms with van der Waals surface area (Å²) >= 11 is 0. The smallest absolute Gasteiger partial charge is 0.410 e. The predicted molar refractivity (Wildman–Crippen MR) is 111 cm³/mol. The third kappa shape index (κ3) is 5.49. The molecule has 0 spiro atoms. The van der Waals surface area contributed by atoms with Gasteiger partial charge in [-0.1, -0.05) is 0 Å². The lowest BCUT2D eigenvalue weighted by Crippen LogP contribution is -2.35. The lowest BCUT2D eigenvalue weighted by atomic mass is 10.0. The molecule has 9 heteroatoms. The van der Waals surface area contributed by atoms with Crippen LogP contribution in [0.3, 0.4) is 0 Å². The standard InChI is InChI=1S/C21H29N5O4/c1-13(2)26(3)21(28)30-16-6-5-15(11-16)17-12-18(25-24-17)23-19(27)9-14-7-8-22-20(10-14)29-4/h7-8,10,12-13,15-16H,5-6,9,11H2,1-4H3,(H2,23,24,25,27)/t15-,16+/m0/s1. The first kappa shape index (κ1) is 21.6. The van der Waals surface area contributed by atoms with Crippen LogP contribution in [0.1, 0.15) is 50.3 Å². The van der Waals surface area contributed by atoms with Gasteiger partial charge in [-0.25, -0.2) is 9.78 Å². The van der Waals surface area contributed by atoms with E-state index in [4.69, 9.17) is 9.47 Å². The zero-order valence-corrected chi connectivity index (χ0v) is 17.8. The van der Waals surface area contributed by atoms with Gasteiger partial charge in [0.15, 0.2) is 5.82 Å². The Morgan fingerprint density at radius 1 is 1.33 bits per heavy atom. The number of methoxy groups -OCH3 is 1. The highest BCUT2D eigenvalue weighted by atomic mass is 16.6. The summed E-state index contributed by atoms with van der Waals surface area (Å²) in [4.78, 5) is 30.1. The van der Waals surface area contributed by atoms with Gasteiger partial charge in [-0.2, -0.15) is 5.10 Å². The number of amides is 2. The number of rotatable bonds is 7. The van der Waals surface area contributed by atoms with Crippen LogP contribution >= 0.6 is 0 Å². The van der Waals surface area contributed by atoms with Gasteiger partial charge in [0.05, 0.1) is 13.5 Å². The van der Waals surface area contributed by atoms with Gasteiger partial charge in [0.2, 0.25) is 11.8 Å². The molecule has 0 aliphatic heterocycles. The van der Waals surface area contributed by atoms with Crippen molar-refractivity contribution in [1.82, 2.24) is 20.1 Å². The second-order valence-electron chi connectivity index (χ2n) is 7.86. The van der Waals surface area contributed by atoms with Gasteiger partial charge in [-0.3, -0.25) is 9.89 Å². The van der Waals surface area contributed by atoms with E-state index in [1.807, 2.05) is 19.9 Å². The quantitative estimate of drug-likeness (QED) is 0.719. The maximum absolute atomic E-state index is 12.3. The molecular weight excluding hydrogens is 386 g/mol. The van der Waals surface area contributed by atoms with E-state index >= 15 is 0 Å². The van der Waals surface area contributed by atoms with Crippen LogP contribution in [-0.2, 0) is 16.0 Å². The monoisotopic (exact) mass is 415 g/mol. The molecule has 1 fully saturated rings. The molecule has 1 saturated carbocycles. The van der Waals surface area contributed by atoms with E-state index < -0.39 is 0 Å². The molecule has 0 unspecified atom stereocenters. The molecule has 0 radical (unpaired) electrons. The minimum absolute atomic E-state index is 0.0988. The summed E-state index contributed by atoms with van der Waals surface area (Å²) in [6, 6.07) is 5.45. The van der Waals surface area contributed by atoms with Gasteiger partial charge in [-0.15, -0.1) is 0 Å². The fourth-order valence-electron chi connectivity index (χ4n) is 3.42. The van der Waals surface area contributed by atoms with Crippen molar-refractivity contribution in [2.24, 2.45) is 0 Å². The number of nitrogens with one attached hydrogen (secondary N) is 2. The molecule has 2 heterocycles. The fourth-order valence-corrected chi connectivity index (χ4v) is 3.42. The van der Waals surface area contributed by atoms with Crippen molar-refractivity contribution in [3.8, 4) is 5.88 Å². The second kappa shape index (κ2) is 9.60. The topological polar surface area (TPSA) is 109 Å². The van der Waals surface area contributed by atoms with E-state index in [0.717, 1.165) is 30.5 Å². The molecule has 162 valence electrons. The Kier molecular flexibility index (Phi) is 6.91. The average Bonchev–Trinajstić information content (AvgIpc) is 3.36. The molecule has 1 aliphatic rings. The number of nitrogens with zero attached hydrogens (tertiary/aromatic N) is 3. The minimum atomic E-state index is -0.291. The molecular formula is C21H29N5O4. The first-order valence-corrected chi connectivity index (χ1v) is 10.1. The number of carbonyl (C=O) groups excluding carboxylic acids is 2. The molecule has 1 aliphatic carbocycles. The fraction of sp³-hybridized carbons (Fsp3) is 0.524. The Hall–Kier alpha value is -3.10. The predicted octanol–water partition coefficient (Wildman–Crippen LogP) is 3.11. The number of hydrogen-bond donors (Lipinski definition) is 2. The van der Waals surface area contributed by atoms with Gasteiger partial charge in [0.1, 0.15) is 6.10 Å². The summed E-state index contributed by atoms with van der Waals surface area (Å²) < 4.78 is 10.7. The molecule has 0 saturated heterocycles. The van der Waals surface area contributed by atoms with Crippen LogP contribution in [0.5, 0.6) is 5.88 Å². The van der Waals surface area contributed by atoms with E-state index in [2.05, 4.69) is 20.5 Å². The molecule has 9 nitrogen and oxygen atoms in total. The summed E-state index contributed by atoms with van der Waals surface area (Å²) in [5, 5.41) is 10.0. The molecule has 30 heavy (non-hydrogen) atoms. The van der Waals surface area contributed by atoms with E-state index in [1.54, 1.807) is 30.3 Å². The van der Waals surface area contributed by atoms with Crippen LogP contribution in [0.25, 0.3) is 0 Å². The molecule has 0 bridgehead atoms. The van der Waals surface area contributed by atoms with Crippen LogP contribution in [0.4, 0.5) is 10.6 Å². The van der Waals surface area contributed by atoms with Crippen LogP contribution in [0.2, 0.25) is 0 Å². The lowest BCUT2D eigenvalue weighted by molar-refractivity contribution is -0.115.